The van der Waals surface area contributed by atoms with Crippen molar-refractivity contribution in [1.29, 1.82) is 10.5 Å². The molecule has 0 fully saturated rings. The molecule has 12 rings (SSSR count). The smallest absolute Gasteiger partial charge is 0.0991 e. The summed E-state index contributed by atoms with van der Waals surface area (Å²) in [7, 11) is 0. The van der Waals surface area contributed by atoms with E-state index in [0.29, 0.717) is 17.0 Å². The molecule has 70 heavy (non-hydrogen) atoms. The fourth-order valence-electron chi connectivity index (χ4n) is 10.6. The van der Waals surface area contributed by atoms with Gasteiger partial charge in [-0.3, -0.25) is 0 Å². The van der Waals surface area contributed by atoms with Crippen LogP contribution in [0.1, 0.15) is 53.1 Å². The second kappa shape index (κ2) is 18.0. The van der Waals surface area contributed by atoms with Crippen molar-refractivity contribution in [2.75, 3.05) is 9.80 Å². The fraction of sp³-hybridized carbons (Fsp3) is 0.0952. The van der Waals surface area contributed by atoms with Crippen molar-refractivity contribution >= 4 is 87.0 Å². The summed E-state index contributed by atoms with van der Waals surface area (Å²) in [6.07, 6.45) is 13.7. The Labute approximate surface area is 418 Å². The molecule has 7 heteroatoms. The summed E-state index contributed by atoms with van der Waals surface area (Å²) in [4.78, 5) is 4.77. The predicted molar refractivity (Wildman–Crippen MR) is 298 cm³/mol. The third-order valence-electron chi connectivity index (χ3n) is 13.9. The number of allylic oxidation sites excluding steroid dienone is 5. The van der Waals surface area contributed by atoms with E-state index in [4.69, 9.17) is 0 Å². The zero-order chi connectivity index (χ0) is 47.3. The SMILES string of the molecule is CC1C=Cc2c3c(n(-c4ccccc4)c2C1)CC(C)C(N(C1=CC=C(c2ccc(N(c4ccc(C#N)cc4)c4ccc5c(c4)c4ccccc4n5-c4ccccc4)cc2)C=I1)c1ccc(C#N)cc1)=C3. The third kappa shape index (κ3) is 7.60. The molecule has 0 saturated carbocycles. The van der Waals surface area contributed by atoms with Gasteiger partial charge in [0.05, 0.1) is 38.0 Å². The van der Waals surface area contributed by atoms with Crippen LogP contribution in [0, 0.1) is 34.5 Å². The first-order valence-electron chi connectivity index (χ1n) is 23.8. The van der Waals surface area contributed by atoms with E-state index in [1.807, 2.05) is 36.4 Å². The molecule has 3 heterocycles. The number of para-hydroxylation sites is 3. The highest BCUT2D eigenvalue weighted by molar-refractivity contribution is 14.2. The van der Waals surface area contributed by atoms with Crippen molar-refractivity contribution in [3.8, 4) is 23.5 Å². The van der Waals surface area contributed by atoms with Gasteiger partial charge in [-0.2, -0.15) is 10.5 Å². The highest BCUT2D eigenvalue weighted by atomic mass is 127. The average molecular weight is 1020 g/mol. The number of rotatable bonds is 9. The van der Waals surface area contributed by atoms with Crippen LogP contribution in [0.5, 0.6) is 0 Å². The van der Waals surface area contributed by atoms with Gasteiger partial charge in [0.25, 0.3) is 0 Å². The summed E-state index contributed by atoms with van der Waals surface area (Å²) in [5.74, 6) is 0.720. The van der Waals surface area contributed by atoms with Gasteiger partial charge < -0.3 is 18.9 Å². The minimum absolute atomic E-state index is 0.244. The Morgan fingerprint density at radius 3 is 1.76 bits per heavy atom. The molecule has 9 aromatic rings. The van der Waals surface area contributed by atoms with Crippen molar-refractivity contribution in [2.45, 2.75) is 26.7 Å². The lowest BCUT2D eigenvalue weighted by Gasteiger charge is -2.35. The lowest BCUT2D eigenvalue weighted by atomic mass is 9.88. The number of halogens is 1. The molecule has 2 unspecified atom stereocenters. The minimum Gasteiger partial charge on any atom is -0.317 e. The standard InChI is InChI=1S/C63H47IN6/c1-42-17-32-55-57-38-60(43(2)36-62(57)69(61(55)35-42)49-13-7-4-8-14-49)70(52-27-20-45(41-66)21-28-52)63-34-24-47(39-64-63)46-22-29-51(30-23-46)67(50-25-18-44(40-65)19-26-50)53-31-33-59-56(37-53)54-15-9-10-16-58(54)68(59)48-11-5-3-6-12-48/h3-34,37-39,42-43H,35-36H2,1-2H3. The molecule has 336 valence electrons. The largest absolute Gasteiger partial charge is 0.317 e. The van der Waals surface area contributed by atoms with Crippen LogP contribution in [0.25, 0.3) is 50.9 Å². The highest BCUT2D eigenvalue weighted by Gasteiger charge is 2.33. The van der Waals surface area contributed by atoms with E-state index < -0.39 is 20.7 Å². The maximum absolute atomic E-state index is 9.76. The molecule has 6 nitrogen and oxygen atoms in total. The van der Waals surface area contributed by atoms with E-state index in [-0.39, 0.29) is 5.92 Å². The van der Waals surface area contributed by atoms with Gasteiger partial charge in [-0.1, -0.05) is 120 Å². The number of anilines is 4. The lowest BCUT2D eigenvalue weighted by Crippen LogP contribution is -2.27. The van der Waals surface area contributed by atoms with Gasteiger partial charge in [-0.05, 0) is 155 Å². The van der Waals surface area contributed by atoms with Crippen molar-refractivity contribution in [1.82, 2.24) is 9.13 Å². The molecule has 1 aliphatic heterocycles. The molecular weight excluding hydrogens is 968 g/mol. The van der Waals surface area contributed by atoms with Crippen LogP contribution in [0.3, 0.4) is 0 Å². The molecule has 2 aromatic heterocycles. The Bertz CT molecular complexity index is 3740. The first-order chi connectivity index (χ1) is 34.4. The highest BCUT2D eigenvalue weighted by Crippen LogP contribution is 2.45. The van der Waals surface area contributed by atoms with E-state index in [1.165, 1.54) is 53.9 Å². The van der Waals surface area contributed by atoms with Crippen molar-refractivity contribution in [3.05, 3.63) is 243 Å². The molecule has 0 bridgehead atoms. The zero-order valence-electron chi connectivity index (χ0n) is 38.8. The number of hydrogen-bond acceptors (Lipinski definition) is 4. The van der Waals surface area contributed by atoms with Crippen LogP contribution < -0.4 is 9.80 Å². The second-order valence-corrected chi connectivity index (χ2v) is 20.7. The molecule has 0 amide bonds. The van der Waals surface area contributed by atoms with Crippen LogP contribution in [0.15, 0.2) is 204 Å². The van der Waals surface area contributed by atoms with Gasteiger partial charge >= 0.3 is 0 Å². The second-order valence-electron chi connectivity index (χ2n) is 18.4. The molecule has 2 aliphatic carbocycles. The van der Waals surface area contributed by atoms with Gasteiger partial charge in [-0.25, -0.2) is 0 Å². The average Bonchev–Trinajstić information content (AvgIpc) is 3.91. The summed E-state index contributed by atoms with van der Waals surface area (Å²) < 4.78 is 8.62. The van der Waals surface area contributed by atoms with Crippen LogP contribution in [0.4, 0.5) is 22.7 Å². The summed E-state index contributed by atoms with van der Waals surface area (Å²) >= 11 is -0.574. The van der Waals surface area contributed by atoms with E-state index in [9.17, 15) is 10.5 Å². The predicted octanol–water partition coefficient (Wildman–Crippen LogP) is 15.7. The Morgan fingerprint density at radius 2 is 1.11 bits per heavy atom. The van der Waals surface area contributed by atoms with Crippen LogP contribution >= 0.6 is 20.7 Å². The summed E-state index contributed by atoms with van der Waals surface area (Å²) in [6, 6.07) is 66.2. The number of hydrogen-bond donors (Lipinski definition) is 0. The first-order valence-corrected chi connectivity index (χ1v) is 26.2. The topological polar surface area (TPSA) is 63.9 Å². The van der Waals surface area contributed by atoms with Gasteiger partial charge in [0.2, 0.25) is 0 Å². The van der Waals surface area contributed by atoms with Crippen molar-refractivity contribution in [2.24, 2.45) is 11.8 Å². The van der Waals surface area contributed by atoms with Crippen molar-refractivity contribution in [3.63, 3.8) is 0 Å². The number of fused-ring (bicyclic) bond motifs is 6. The number of aromatic nitrogens is 2. The first kappa shape index (κ1) is 43.1. The van der Waals surface area contributed by atoms with Gasteiger partial charge in [0.15, 0.2) is 0 Å². The minimum atomic E-state index is -0.574. The number of benzene rings is 7. The maximum Gasteiger partial charge on any atom is 0.0991 e. The quantitative estimate of drug-likeness (QED) is 0.107. The van der Waals surface area contributed by atoms with E-state index in [2.05, 4.69) is 219 Å². The normalized spacial score (nSPS) is 16.0. The summed E-state index contributed by atoms with van der Waals surface area (Å²) in [6.45, 7) is 4.67. The van der Waals surface area contributed by atoms with E-state index in [1.54, 1.807) is 0 Å². The van der Waals surface area contributed by atoms with Crippen LogP contribution in [-0.2, 0) is 12.8 Å². The number of nitrogens with zero attached hydrogens (tertiary/aromatic N) is 6. The Hall–Kier alpha value is -8.24. The van der Waals surface area contributed by atoms with Crippen LogP contribution in [-0.4, -0.2) is 13.1 Å². The molecular formula is C63H47IN6. The Morgan fingerprint density at radius 1 is 0.543 bits per heavy atom. The molecule has 0 N–H and O–H groups in total. The lowest BCUT2D eigenvalue weighted by molar-refractivity contribution is 0.624. The molecule has 0 spiro atoms. The van der Waals surface area contributed by atoms with E-state index >= 15 is 0 Å². The monoisotopic (exact) mass is 1010 g/mol. The summed E-state index contributed by atoms with van der Waals surface area (Å²) in [5, 5.41) is 21.8. The van der Waals surface area contributed by atoms with Crippen molar-refractivity contribution < 1.29 is 0 Å². The van der Waals surface area contributed by atoms with Gasteiger partial charge in [-0.15, -0.1) is 0 Å². The third-order valence-corrected chi connectivity index (χ3v) is 16.4. The van der Waals surface area contributed by atoms with Crippen LogP contribution in [0.2, 0.25) is 0 Å². The molecule has 3 aliphatic rings. The van der Waals surface area contributed by atoms with E-state index in [0.717, 1.165) is 57.9 Å². The maximum atomic E-state index is 9.76. The molecule has 2 atom stereocenters. The summed E-state index contributed by atoms with van der Waals surface area (Å²) in [5.41, 5.74) is 19.1. The molecule has 7 aromatic carbocycles. The molecule has 0 radical (unpaired) electrons. The Balaban J connectivity index is 0.913. The van der Waals surface area contributed by atoms with Gasteiger partial charge in [0.1, 0.15) is 0 Å². The number of nitriles is 2. The zero-order valence-corrected chi connectivity index (χ0v) is 41.0. The Kier molecular flexibility index (Phi) is 11.1. The fourth-order valence-corrected chi connectivity index (χ4v) is 13.0. The molecule has 0 saturated heterocycles. The van der Waals surface area contributed by atoms with Gasteiger partial charge in [0, 0.05) is 79.0 Å².